The van der Waals surface area contributed by atoms with Gasteiger partial charge >= 0.3 is 0 Å². The van der Waals surface area contributed by atoms with E-state index in [4.69, 9.17) is 0 Å². The van der Waals surface area contributed by atoms with Gasteiger partial charge in [-0.25, -0.2) is 18.1 Å². The summed E-state index contributed by atoms with van der Waals surface area (Å²) in [4.78, 5) is 8.82. The Hall–Kier alpha value is -0.920. The lowest BCUT2D eigenvalue weighted by Gasteiger charge is -2.16. The van der Waals surface area contributed by atoms with Crippen LogP contribution in [0.15, 0.2) is 11.2 Å². The normalized spacial score (nSPS) is 14.1. The number of rotatable bonds is 7. The third kappa shape index (κ3) is 4.40. The summed E-state index contributed by atoms with van der Waals surface area (Å²) >= 11 is 0. The van der Waals surface area contributed by atoms with Crippen molar-refractivity contribution in [3.8, 4) is 0 Å². The molecule has 0 saturated heterocycles. The van der Waals surface area contributed by atoms with Crippen LogP contribution < -0.4 is 4.72 Å². The topological polar surface area (TPSA) is 78.1 Å². The van der Waals surface area contributed by atoms with Crippen molar-refractivity contribution in [1.29, 1.82) is 0 Å². The van der Waals surface area contributed by atoms with Gasteiger partial charge in [0.1, 0.15) is 5.82 Å². The highest BCUT2D eigenvalue weighted by molar-refractivity contribution is 7.89. The predicted octanol–water partition coefficient (Wildman–Crippen LogP) is 0.591. The van der Waals surface area contributed by atoms with Crippen molar-refractivity contribution < 1.29 is 8.42 Å². The van der Waals surface area contributed by atoms with E-state index >= 15 is 0 Å². The molecule has 0 aromatic carbocycles. The van der Waals surface area contributed by atoms with Crippen molar-refractivity contribution >= 4 is 10.0 Å². The number of aromatic nitrogens is 2. The number of H-pyrrole nitrogens is 1. The molecule has 0 aliphatic rings. The number of aryl methyl sites for hydroxylation is 1. The number of nitrogens with zero attached hydrogens (tertiary/aromatic N) is 2. The quantitative estimate of drug-likeness (QED) is 0.763. The van der Waals surface area contributed by atoms with Crippen molar-refractivity contribution in [3.63, 3.8) is 0 Å². The second-order valence-electron chi connectivity index (χ2n) is 4.66. The zero-order valence-electron chi connectivity index (χ0n) is 11.4. The highest BCUT2D eigenvalue weighted by Crippen LogP contribution is 2.07. The standard InChI is InChI=1S/C11H22N4O2S/c1-5-10-12-8-11(13-10)18(16,17)14-9(2)6-7-15(3)4/h8-9,14H,5-7H2,1-4H3,(H,12,13). The SMILES string of the molecule is CCc1ncc(S(=O)(=O)NC(C)CCN(C)C)[nH]1. The first-order valence-electron chi connectivity index (χ1n) is 6.06. The first-order valence-corrected chi connectivity index (χ1v) is 7.54. The predicted molar refractivity (Wildman–Crippen MR) is 70.9 cm³/mol. The minimum absolute atomic E-state index is 0.106. The van der Waals surface area contributed by atoms with Gasteiger partial charge in [0.2, 0.25) is 0 Å². The van der Waals surface area contributed by atoms with E-state index in [0.29, 0.717) is 12.2 Å². The Morgan fingerprint density at radius 2 is 2.17 bits per heavy atom. The van der Waals surface area contributed by atoms with E-state index in [2.05, 4.69) is 14.7 Å². The molecule has 2 N–H and O–H groups in total. The lowest BCUT2D eigenvalue weighted by molar-refractivity contribution is 0.379. The molecule has 0 spiro atoms. The Bertz CT molecular complexity index is 467. The highest BCUT2D eigenvalue weighted by atomic mass is 32.2. The molecule has 104 valence electrons. The molecule has 1 atom stereocenters. The van der Waals surface area contributed by atoms with E-state index in [0.717, 1.165) is 13.0 Å². The molecule has 1 heterocycles. The van der Waals surface area contributed by atoms with Crippen molar-refractivity contribution in [2.75, 3.05) is 20.6 Å². The Labute approximate surface area is 109 Å². The lowest BCUT2D eigenvalue weighted by Crippen LogP contribution is -2.35. The van der Waals surface area contributed by atoms with Crippen LogP contribution in [0.4, 0.5) is 0 Å². The Morgan fingerprint density at radius 1 is 1.50 bits per heavy atom. The van der Waals surface area contributed by atoms with Gasteiger partial charge in [-0.2, -0.15) is 0 Å². The largest absolute Gasteiger partial charge is 0.332 e. The Kier molecular flexibility index (Phi) is 5.30. The second-order valence-corrected chi connectivity index (χ2v) is 6.34. The van der Waals surface area contributed by atoms with Crippen molar-refractivity contribution in [2.45, 2.75) is 37.8 Å². The summed E-state index contributed by atoms with van der Waals surface area (Å²) in [5.74, 6) is 0.677. The molecule has 7 heteroatoms. The van der Waals surface area contributed by atoms with E-state index in [1.54, 1.807) is 0 Å². The molecule has 0 bridgehead atoms. The van der Waals surface area contributed by atoms with Crippen LogP contribution in [0.2, 0.25) is 0 Å². The molecule has 0 saturated carbocycles. The summed E-state index contributed by atoms with van der Waals surface area (Å²) in [5, 5.41) is 0.135. The molecule has 0 aliphatic carbocycles. The number of nitrogens with one attached hydrogen (secondary N) is 2. The molecule has 1 aromatic heterocycles. The molecular weight excluding hydrogens is 252 g/mol. The van der Waals surface area contributed by atoms with Crippen molar-refractivity contribution in [1.82, 2.24) is 19.6 Å². The van der Waals surface area contributed by atoms with Gasteiger partial charge in [-0.05, 0) is 34.0 Å². The van der Waals surface area contributed by atoms with Crippen molar-refractivity contribution in [2.24, 2.45) is 0 Å². The molecule has 1 aromatic rings. The number of sulfonamides is 1. The van der Waals surface area contributed by atoms with Gasteiger partial charge in [0, 0.05) is 12.5 Å². The van der Waals surface area contributed by atoms with Gasteiger partial charge in [0.15, 0.2) is 5.03 Å². The Balaban J connectivity index is 2.64. The number of hydrogen-bond acceptors (Lipinski definition) is 4. The minimum atomic E-state index is -3.48. The maximum absolute atomic E-state index is 12.0. The first kappa shape index (κ1) is 15.1. The van der Waals surface area contributed by atoms with Gasteiger partial charge in [-0.15, -0.1) is 0 Å². The molecule has 0 amide bonds. The van der Waals surface area contributed by atoms with Crippen LogP contribution in [-0.4, -0.2) is 50.0 Å². The van der Waals surface area contributed by atoms with Crippen LogP contribution in [0, 0.1) is 0 Å². The monoisotopic (exact) mass is 274 g/mol. The van der Waals surface area contributed by atoms with E-state index < -0.39 is 10.0 Å². The molecule has 0 aliphatic heterocycles. The van der Waals surface area contributed by atoms with Gasteiger partial charge < -0.3 is 9.88 Å². The van der Waals surface area contributed by atoms with Crippen LogP contribution in [0.1, 0.15) is 26.1 Å². The minimum Gasteiger partial charge on any atom is -0.332 e. The molecule has 18 heavy (non-hydrogen) atoms. The number of hydrogen-bond donors (Lipinski definition) is 2. The van der Waals surface area contributed by atoms with Crippen LogP contribution in [0.3, 0.4) is 0 Å². The smallest absolute Gasteiger partial charge is 0.257 e. The third-order valence-corrected chi connectivity index (χ3v) is 4.09. The molecule has 1 unspecified atom stereocenters. The van der Waals surface area contributed by atoms with Crippen LogP contribution >= 0.6 is 0 Å². The van der Waals surface area contributed by atoms with E-state index in [9.17, 15) is 8.42 Å². The fourth-order valence-electron chi connectivity index (χ4n) is 1.50. The van der Waals surface area contributed by atoms with Gasteiger partial charge in [-0.1, -0.05) is 6.92 Å². The molecular formula is C11H22N4O2S. The molecule has 0 fully saturated rings. The second kappa shape index (κ2) is 6.31. The maximum atomic E-state index is 12.0. The summed E-state index contributed by atoms with van der Waals surface area (Å²) < 4.78 is 26.7. The Morgan fingerprint density at radius 3 is 2.67 bits per heavy atom. The fraction of sp³-hybridized carbons (Fsp3) is 0.727. The summed E-state index contributed by atoms with van der Waals surface area (Å²) in [5.41, 5.74) is 0. The summed E-state index contributed by atoms with van der Waals surface area (Å²) in [6.45, 7) is 4.62. The van der Waals surface area contributed by atoms with Gasteiger partial charge in [0.05, 0.1) is 6.20 Å². The molecule has 6 nitrogen and oxygen atoms in total. The first-order chi connectivity index (χ1) is 8.35. The van der Waals surface area contributed by atoms with Crippen molar-refractivity contribution in [3.05, 3.63) is 12.0 Å². The number of imidazole rings is 1. The summed E-state index contributed by atoms with van der Waals surface area (Å²) in [6.07, 6.45) is 2.81. The van der Waals surface area contributed by atoms with Crippen LogP contribution in [0.25, 0.3) is 0 Å². The van der Waals surface area contributed by atoms with Crippen LogP contribution in [0.5, 0.6) is 0 Å². The zero-order valence-corrected chi connectivity index (χ0v) is 12.2. The van der Waals surface area contributed by atoms with Gasteiger partial charge in [-0.3, -0.25) is 0 Å². The number of aromatic amines is 1. The molecule has 1 rings (SSSR count). The van der Waals surface area contributed by atoms with E-state index in [1.165, 1.54) is 6.20 Å². The fourth-order valence-corrected chi connectivity index (χ4v) is 2.72. The zero-order chi connectivity index (χ0) is 13.8. The summed E-state index contributed by atoms with van der Waals surface area (Å²) in [6, 6.07) is -0.106. The van der Waals surface area contributed by atoms with E-state index in [-0.39, 0.29) is 11.1 Å². The van der Waals surface area contributed by atoms with Gasteiger partial charge in [0.25, 0.3) is 10.0 Å². The highest BCUT2D eigenvalue weighted by Gasteiger charge is 2.19. The summed E-state index contributed by atoms with van der Waals surface area (Å²) in [7, 11) is 0.441. The average molecular weight is 274 g/mol. The lowest BCUT2D eigenvalue weighted by atomic mass is 10.2. The maximum Gasteiger partial charge on any atom is 0.257 e. The third-order valence-electron chi connectivity index (χ3n) is 2.60. The van der Waals surface area contributed by atoms with Crippen LogP contribution in [-0.2, 0) is 16.4 Å². The average Bonchev–Trinajstić information content (AvgIpc) is 2.75. The molecule has 0 radical (unpaired) electrons. The van der Waals surface area contributed by atoms with E-state index in [1.807, 2.05) is 32.8 Å².